The van der Waals surface area contributed by atoms with Gasteiger partial charge in [-0.3, -0.25) is 4.79 Å². The first kappa shape index (κ1) is 17.1. The summed E-state index contributed by atoms with van der Waals surface area (Å²) < 4.78 is 0. The van der Waals surface area contributed by atoms with Crippen molar-refractivity contribution < 1.29 is 14.7 Å². The summed E-state index contributed by atoms with van der Waals surface area (Å²) in [7, 11) is 0. The van der Waals surface area contributed by atoms with Gasteiger partial charge in [-0.15, -0.1) is 0 Å². The molecular formula is C18H24N2O3. The minimum Gasteiger partial charge on any atom is -0.480 e. The molecule has 1 aromatic carbocycles. The molecule has 0 radical (unpaired) electrons. The Morgan fingerprint density at radius 3 is 2.61 bits per heavy atom. The van der Waals surface area contributed by atoms with E-state index in [2.05, 4.69) is 31.1 Å². The van der Waals surface area contributed by atoms with Gasteiger partial charge in [0.15, 0.2) is 0 Å². The fourth-order valence-electron chi connectivity index (χ4n) is 2.48. The van der Waals surface area contributed by atoms with Crippen molar-refractivity contribution in [1.29, 1.82) is 0 Å². The van der Waals surface area contributed by atoms with Crippen LogP contribution in [0, 0.1) is 5.41 Å². The highest BCUT2D eigenvalue weighted by atomic mass is 16.4. The van der Waals surface area contributed by atoms with E-state index in [1.54, 1.807) is 0 Å². The van der Waals surface area contributed by atoms with Gasteiger partial charge < -0.3 is 15.4 Å². The van der Waals surface area contributed by atoms with Crippen LogP contribution >= 0.6 is 0 Å². The van der Waals surface area contributed by atoms with E-state index in [0.29, 0.717) is 6.42 Å². The van der Waals surface area contributed by atoms with Crippen molar-refractivity contribution in [2.45, 2.75) is 46.1 Å². The zero-order valence-electron chi connectivity index (χ0n) is 13.8. The van der Waals surface area contributed by atoms with E-state index in [-0.39, 0.29) is 17.7 Å². The Labute approximate surface area is 136 Å². The first-order valence-electron chi connectivity index (χ1n) is 7.83. The molecule has 0 aliphatic heterocycles. The summed E-state index contributed by atoms with van der Waals surface area (Å²) in [6.07, 6.45) is 3.13. The summed E-state index contributed by atoms with van der Waals surface area (Å²) in [5.74, 6) is -1.23. The molecule has 0 saturated heterocycles. The Hall–Kier alpha value is -2.30. The molecule has 0 aliphatic carbocycles. The number of carbonyl (C=O) groups excluding carboxylic acids is 1. The van der Waals surface area contributed by atoms with Crippen LogP contribution in [-0.4, -0.2) is 28.0 Å². The molecule has 0 spiro atoms. The number of nitrogens with one attached hydrogen (secondary N) is 2. The van der Waals surface area contributed by atoms with Crippen LogP contribution in [0.25, 0.3) is 10.9 Å². The molecule has 3 N–H and O–H groups in total. The number of aliphatic carboxylic acids is 1. The van der Waals surface area contributed by atoms with Crippen LogP contribution < -0.4 is 5.32 Å². The lowest BCUT2D eigenvalue weighted by Gasteiger charge is -2.19. The molecule has 0 aliphatic rings. The third kappa shape index (κ3) is 4.84. The lowest BCUT2D eigenvalue weighted by atomic mass is 9.90. The highest BCUT2D eigenvalue weighted by Gasteiger charge is 2.22. The first-order valence-corrected chi connectivity index (χ1v) is 7.83. The lowest BCUT2D eigenvalue weighted by molar-refractivity contribution is -0.141. The second kappa shape index (κ2) is 6.86. The minimum atomic E-state index is -1.01. The number of carboxylic acid groups (broad SMARTS) is 1. The summed E-state index contributed by atoms with van der Waals surface area (Å²) in [5.41, 5.74) is 1.90. The van der Waals surface area contributed by atoms with Gasteiger partial charge in [-0.25, -0.2) is 4.79 Å². The predicted octanol–water partition coefficient (Wildman–Crippen LogP) is 3.11. The second-order valence-corrected chi connectivity index (χ2v) is 7.08. The zero-order chi connectivity index (χ0) is 17.0. The van der Waals surface area contributed by atoms with Gasteiger partial charge in [0.2, 0.25) is 5.91 Å². The van der Waals surface area contributed by atoms with Crippen LogP contribution in [0.4, 0.5) is 0 Å². The largest absolute Gasteiger partial charge is 0.480 e. The van der Waals surface area contributed by atoms with E-state index in [9.17, 15) is 14.7 Å². The fraction of sp³-hybridized carbons (Fsp3) is 0.444. The van der Waals surface area contributed by atoms with Gasteiger partial charge in [0.05, 0.1) is 0 Å². The molecule has 124 valence electrons. The third-order valence-corrected chi connectivity index (χ3v) is 3.83. The van der Waals surface area contributed by atoms with Crippen molar-refractivity contribution in [3.63, 3.8) is 0 Å². The number of aromatic nitrogens is 1. The molecule has 23 heavy (non-hydrogen) atoms. The van der Waals surface area contributed by atoms with Crippen molar-refractivity contribution in [3.8, 4) is 0 Å². The van der Waals surface area contributed by atoms with E-state index in [1.165, 1.54) is 0 Å². The predicted molar refractivity (Wildman–Crippen MR) is 90.3 cm³/mol. The van der Waals surface area contributed by atoms with E-state index < -0.39 is 12.0 Å². The average molecular weight is 316 g/mol. The lowest BCUT2D eigenvalue weighted by Crippen LogP contribution is -2.42. The number of hydrogen-bond acceptors (Lipinski definition) is 2. The van der Waals surface area contributed by atoms with Gasteiger partial charge in [-0.2, -0.15) is 0 Å². The topological polar surface area (TPSA) is 82.2 Å². The zero-order valence-corrected chi connectivity index (χ0v) is 13.8. The average Bonchev–Trinajstić information content (AvgIpc) is 2.87. The van der Waals surface area contributed by atoms with Gasteiger partial charge in [0.25, 0.3) is 0 Å². The SMILES string of the molecule is CC(C)(C)CCC(=O)NC(Cc1c[nH]c2ccccc12)C(=O)O. The summed E-state index contributed by atoms with van der Waals surface area (Å²) >= 11 is 0. The van der Waals surface area contributed by atoms with Crippen molar-refractivity contribution in [2.24, 2.45) is 5.41 Å². The molecular weight excluding hydrogens is 292 g/mol. The molecule has 2 aromatic rings. The van der Waals surface area contributed by atoms with Crippen LogP contribution in [0.15, 0.2) is 30.5 Å². The molecule has 0 fully saturated rings. The number of H-pyrrole nitrogens is 1. The van der Waals surface area contributed by atoms with Gasteiger partial charge in [-0.05, 0) is 23.5 Å². The van der Waals surface area contributed by atoms with Crippen LogP contribution in [0.2, 0.25) is 0 Å². The monoisotopic (exact) mass is 316 g/mol. The van der Waals surface area contributed by atoms with Gasteiger partial charge in [0, 0.05) is 29.9 Å². The number of para-hydroxylation sites is 1. The number of hydrogen-bond donors (Lipinski definition) is 3. The molecule has 0 bridgehead atoms. The fourth-order valence-corrected chi connectivity index (χ4v) is 2.48. The van der Waals surface area contributed by atoms with Crippen molar-refractivity contribution in [1.82, 2.24) is 10.3 Å². The van der Waals surface area contributed by atoms with Crippen molar-refractivity contribution in [2.75, 3.05) is 0 Å². The molecule has 5 heteroatoms. The number of amides is 1. The van der Waals surface area contributed by atoms with Crippen LogP contribution in [0.1, 0.15) is 39.2 Å². The molecule has 1 heterocycles. The Morgan fingerprint density at radius 2 is 1.96 bits per heavy atom. The minimum absolute atomic E-state index is 0.0485. The van der Waals surface area contributed by atoms with Crippen LogP contribution in [-0.2, 0) is 16.0 Å². The number of carbonyl (C=O) groups is 2. The van der Waals surface area contributed by atoms with E-state index in [4.69, 9.17) is 0 Å². The Morgan fingerprint density at radius 1 is 1.26 bits per heavy atom. The summed E-state index contributed by atoms with van der Waals surface area (Å²) in [6, 6.07) is 6.81. The summed E-state index contributed by atoms with van der Waals surface area (Å²) in [5, 5.41) is 13.0. The molecule has 0 saturated carbocycles. The summed E-state index contributed by atoms with van der Waals surface area (Å²) in [4.78, 5) is 26.6. The Bertz CT molecular complexity index is 698. The van der Waals surface area contributed by atoms with Crippen LogP contribution in [0.5, 0.6) is 0 Å². The van der Waals surface area contributed by atoms with Crippen LogP contribution in [0.3, 0.4) is 0 Å². The van der Waals surface area contributed by atoms with Crippen molar-refractivity contribution in [3.05, 3.63) is 36.0 Å². The maximum Gasteiger partial charge on any atom is 0.326 e. The number of aromatic amines is 1. The molecule has 1 aromatic heterocycles. The van der Waals surface area contributed by atoms with Gasteiger partial charge in [0.1, 0.15) is 6.04 Å². The normalized spacial score (nSPS) is 13.0. The number of carboxylic acids is 1. The highest BCUT2D eigenvalue weighted by Crippen LogP contribution is 2.21. The number of rotatable bonds is 6. The quantitative estimate of drug-likeness (QED) is 0.766. The molecule has 1 amide bonds. The molecule has 1 atom stereocenters. The highest BCUT2D eigenvalue weighted by molar-refractivity contribution is 5.86. The third-order valence-electron chi connectivity index (χ3n) is 3.83. The maximum atomic E-state index is 12.0. The molecule has 1 unspecified atom stereocenters. The Balaban J connectivity index is 2.04. The van der Waals surface area contributed by atoms with E-state index >= 15 is 0 Å². The Kier molecular flexibility index (Phi) is 5.08. The van der Waals surface area contributed by atoms with E-state index in [1.807, 2.05) is 30.5 Å². The summed E-state index contributed by atoms with van der Waals surface area (Å²) in [6.45, 7) is 6.17. The molecule has 5 nitrogen and oxygen atoms in total. The number of benzene rings is 1. The molecule has 2 rings (SSSR count). The second-order valence-electron chi connectivity index (χ2n) is 7.08. The van der Waals surface area contributed by atoms with Gasteiger partial charge >= 0.3 is 5.97 Å². The van der Waals surface area contributed by atoms with Crippen molar-refractivity contribution >= 4 is 22.8 Å². The van der Waals surface area contributed by atoms with E-state index in [0.717, 1.165) is 22.9 Å². The smallest absolute Gasteiger partial charge is 0.326 e. The first-order chi connectivity index (χ1) is 10.8. The number of fused-ring (bicyclic) bond motifs is 1. The standard InChI is InChI=1S/C18H24N2O3/c1-18(2,3)9-8-16(21)20-15(17(22)23)10-12-11-19-14-7-5-4-6-13(12)14/h4-7,11,15,19H,8-10H2,1-3H3,(H,20,21)(H,22,23). The maximum absolute atomic E-state index is 12.0. The van der Waals surface area contributed by atoms with Gasteiger partial charge in [-0.1, -0.05) is 39.0 Å².